The number of phenolic OH excluding ortho intramolecular Hbond substituents is 1. The summed E-state index contributed by atoms with van der Waals surface area (Å²) < 4.78 is 5.16. The standard InChI is InChI=1S/C26H26ClN3O3/c1-14-5-7-16(10-18(14)27)30-19-11-26(2,3)12-21(32)24(19)23(17(13-28)25(30)29)15-6-8-22(33-4)20(31)9-15/h5-10,23,31H,11-12,29H2,1-4H3. The number of carbonyl (C=O) groups is 1. The van der Waals surface area contributed by atoms with Gasteiger partial charge >= 0.3 is 0 Å². The van der Waals surface area contributed by atoms with Gasteiger partial charge in [-0.1, -0.05) is 37.6 Å². The summed E-state index contributed by atoms with van der Waals surface area (Å²) in [5.41, 5.74) is 10.1. The summed E-state index contributed by atoms with van der Waals surface area (Å²) in [6, 6.07) is 12.7. The van der Waals surface area contributed by atoms with Gasteiger partial charge in [-0.3, -0.25) is 9.69 Å². The summed E-state index contributed by atoms with van der Waals surface area (Å²) in [6.07, 6.45) is 0.948. The quantitative estimate of drug-likeness (QED) is 0.640. The van der Waals surface area contributed by atoms with Gasteiger partial charge in [-0.2, -0.15) is 5.26 Å². The molecule has 0 spiro atoms. The Labute approximate surface area is 198 Å². The third-order valence-electron chi connectivity index (χ3n) is 6.33. The van der Waals surface area contributed by atoms with Crippen LogP contribution >= 0.6 is 11.6 Å². The van der Waals surface area contributed by atoms with Gasteiger partial charge in [0.2, 0.25) is 0 Å². The fraction of sp³-hybridized carbons (Fsp3) is 0.308. The minimum Gasteiger partial charge on any atom is -0.504 e. The zero-order chi connectivity index (χ0) is 24.1. The molecule has 0 aromatic heterocycles. The van der Waals surface area contributed by atoms with E-state index in [9.17, 15) is 15.2 Å². The van der Waals surface area contributed by atoms with Gasteiger partial charge in [-0.25, -0.2) is 0 Å². The number of benzene rings is 2. The van der Waals surface area contributed by atoms with Crippen LogP contribution in [0.1, 0.15) is 43.7 Å². The molecule has 0 amide bonds. The molecule has 0 saturated heterocycles. The van der Waals surface area contributed by atoms with E-state index < -0.39 is 5.92 Å². The Bertz CT molecular complexity index is 1270. The number of aryl methyl sites for hydroxylation is 1. The van der Waals surface area contributed by atoms with Crippen LogP contribution in [0.2, 0.25) is 5.02 Å². The second-order valence-corrected chi connectivity index (χ2v) is 9.75. The number of nitrogens with two attached hydrogens (primary N) is 1. The molecule has 1 unspecified atom stereocenters. The Hall–Kier alpha value is -3.43. The number of Topliss-reactive ketones (excluding diaryl/α,β-unsaturated/α-hetero) is 1. The fourth-order valence-electron chi connectivity index (χ4n) is 4.74. The van der Waals surface area contributed by atoms with Crippen molar-refractivity contribution in [3.8, 4) is 17.6 Å². The fourth-order valence-corrected chi connectivity index (χ4v) is 4.92. The minimum absolute atomic E-state index is 0.0370. The maximum Gasteiger partial charge on any atom is 0.162 e. The number of hydrogen-bond acceptors (Lipinski definition) is 6. The van der Waals surface area contributed by atoms with Crippen molar-refractivity contribution in [3.63, 3.8) is 0 Å². The van der Waals surface area contributed by atoms with Gasteiger partial charge in [0, 0.05) is 28.4 Å². The SMILES string of the molecule is COc1ccc(C2C(C#N)=C(N)N(c3ccc(C)c(Cl)c3)C3=C2C(=O)CC(C)(C)C3)cc1O. The summed E-state index contributed by atoms with van der Waals surface area (Å²) in [5, 5.41) is 21.1. The largest absolute Gasteiger partial charge is 0.504 e. The highest BCUT2D eigenvalue weighted by Crippen LogP contribution is 2.51. The molecular weight excluding hydrogens is 438 g/mol. The van der Waals surface area contributed by atoms with Crippen LogP contribution < -0.4 is 15.4 Å². The van der Waals surface area contributed by atoms with Crippen LogP contribution in [0.5, 0.6) is 11.5 Å². The van der Waals surface area contributed by atoms with E-state index >= 15 is 0 Å². The first-order valence-corrected chi connectivity index (χ1v) is 11.0. The Kier molecular flexibility index (Phi) is 5.63. The molecule has 1 aliphatic carbocycles. The molecule has 7 heteroatoms. The van der Waals surface area contributed by atoms with Gasteiger partial charge in [0.25, 0.3) is 0 Å². The molecule has 6 nitrogen and oxygen atoms in total. The number of phenols is 1. The lowest BCUT2D eigenvalue weighted by Crippen LogP contribution is -2.42. The lowest BCUT2D eigenvalue weighted by molar-refractivity contribution is -0.118. The van der Waals surface area contributed by atoms with Gasteiger partial charge in [0.15, 0.2) is 17.3 Å². The molecule has 2 aromatic rings. The first-order chi connectivity index (χ1) is 15.6. The molecule has 33 heavy (non-hydrogen) atoms. The van der Waals surface area contributed by atoms with Crippen molar-refractivity contribution in [2.45, 2.75) is 39.5 Å². The maximum atomic E-state index is 13.5. The summed E-state index contributed by atoms with van der Waals surface area (Å²) >= 11 is 6.41. The second kappa shape index (κ2) is 8.17. The van der Waals surface area contributed by atoms with Gasteiger partial charge < -0.3 is 15.6 Å². The van der Waals surface area contributed by atoms with Gasteiger partial charge in [0.1, 0.15) is 5.82 Å². The van der Waals surface area contributed by atoms with Gasteiger partial charge in [-0.05, 0) is 54.2 Å². The summed E-state index contributed by atoms with van der Waals surface area (Å²) in [7, 11) is 1.46. The zero-order valence-corrected chi connectivity index (χ0v) is 19.8. The van der Waals surface area contributed by atoms with E-state index in [-0.39, 0.29) is 28.3 Å². The van der Waals surface area contributed by atoms with Crippen molar-refractivity contribution in [1.29, 1.82) is 5.26 Å². The van der Waals surface area contributed by atoms with E-state index in [1.807, 2.05) is 32.9 Å². The summed E-state index contributed by atoms with van der Waals surface area (Å²) in [5.74, 6) is -0.217. The number of hydrogen-bond donors (Lipinski definition) is 2. The third-order valence-corrected chi connectivity index (χ3v) is 6.74. The van der Waals surface area contributed by atoms with E-state index in [0.717, 1.165) is 11.3 Å². The molecule has 1 atom stereocenters. The highest BCUT2D eigenvalue weighted by Gasteiger charge is 2.44. The smallest absolute Gasteiger partial charge is 0.162 e. The van der Waals surface area contributed by atoms with Crippen molar-refractivity contribution in [2.75, 3.05) is 12.0 Å². The molecule has 170 valence electrons. The second-order valence-electron chi connectivity index (χ2n) is 9.35. The van der Waals surface area contributed by atoms with Crippen LogP contribution in [0, 0.1) is 23.7 Å². The number of aromatic hydroxyl groups is 1. The first kappa shape index (κ1) is 22.8. The number of methoxy groups -OCH3 is 1. The molecule has 0 bridgehead atoms. The van der Waals surface area contributed by atoms with Gasteiger partial charge in [0.05, 0.1) is 24.7 Å². The van der Waals surface area contributed by atoms with Crippen LogP contribution in [0.4, 0.5) is 5.69 Å². The Morgan fingerprint density at radius 2 is 1.97 bits per heavy atom. The average Bonchev–Trinajstić information content (AvgIpc) is 2.74. The van der Waals surface area contributed by atoms with Crippen LogP contribution in [0.25, 0.3) is 0 Å². The number of nitrogens with zero attached hydrogens (tertiary/aromatic N) is 2. The lowest BCUT2D eigenvalue weighted by Gasteiger charge is -2.43. The van der Waals surface area contributed by atoms with Crippen molar-refractivity contribution in [2.24, 2.45) is 11.1 Å². The molecule has 0 saturated carbocycles. The Balaban J connectivity index is 1.99. The highest BCUT2D eigenvalue weighted by molar-refractivity contribution is 6.31. The van der Waals surface area contributed by atoms with Gasteiger partial charge in [-0.15, -0.1) is 0 Å². The first-order valence-electron chi connectivity index (χ1n) is 10.7. The Morgan fingerprint density at radius 3 is 2.58 bits per heavy atom. The molecule has 3 N–H and O–H groups in total. The highest BCUT2D eigenvalue weighted by atomic mass is 35.5. The van der Waals surface area contributed by atoms with E-state index in [4.69, 9.17) is 22.1 Å². The maximum absolute atomic E-state index is 13.5. The van der Waals surface area contributed by atoms with Crippen LogP contribution in [-0.4, -0.2) is 18.0 Å². The van der Waals surface area contributed by atoms with E-state index in [0.29, 0.717) is 40.4 Å². The zero-order valence-electron chi connectivity index (χ0n) is 19.1. The molecule has 4 rings (SSSR count). The normalized spacial score (nSPS) is 19.9. The molecule has 0 radical (unpaired) electrons. The van der Waals surface area contributed by atoms with Crippen molar-refractivity contribution < 1.29 is 14.6 Å². The molecule has 1 aliphatic heterocycles. The Morgan fingerprint density at radius 1 is 1.24 bits per heavy atom. The number of ether oxygens (including phenoxy) is 1. The van der Waals surface area contributed by atoms with E-state index in [2.05, 4.69) is 6.07 Å². The van der Waals surface area contributed by atoms with E-state index in [1.54, 1.807) is 23.1 Å². The molecule has 1 heterocycles. The average molecular weight is 464 g/mol. The molecule has 2 aromatic carbocycles. The number of halogens is 1. The monoisotopic (exact) mass is 463 g/mol. The van der Waals surface area contributed by atoms with Crippen LogP contribution in [0.3, 0.4) is 0 Å². The predicted octanol–water partition coefficient (Wildman–Crippen LogP) is 5.30. The number of nitriles is 1. The van der Waals surface area contributed by atoms with Crippen LogP contribution in [-0.2, 0) is 4.79 Å². The number of ketones is 1. The summed E-state index contributed by atoms with van der Waals surface area (Å²) in [4.78, 5) is 15.3. The minimum atomic E-state index is -0.678. The number of anilines is 1. The lowest BCUT2D eigenvalue weighted by atomic mass is 9.68. The van der Waals surface area contributed by atoms with Crippen molar-refractivity contribution in [3.05, 3.63) is 75.2 Å². The predicted molar refractivity (Wildman–Crippen MR) is 128 cm³/mol. The number of rotatable bonds is 3. The topological polar surface area (TPSA) is 99.6 Å². The molecule has 0 fully saturated rings. The van der Waals surface area contributed by atoms with Crippen molar-refractivity contribution in [1.82, 2.24) is 0 Å². The third kappa shape index (κ3) is 3.83. The molecular formula is C26H26ClN3O3. The number of carbonyl (C=O) groups excluding carboxylic acids is 1. The molecule has 2 aliphatic rings. The van der Waals surface area contributed by atoms with Crippen molar-refractivity contribution >= 4 is 23.1 Å². The number of allylic oxidation sites excluding steroid dienone is 3. The summed E-state index contributed by atoms with van der Waals surface area (Å²) in [6.45, 7) is 6.00. The van der Waals surface area contributed by atoms with E-state index in [1.165, 1.54) is 13.2 Å². The van der Waals surface area contributed by atoms with Crippen LogP contribution in [0.15, 0.2) is 59.1 Å².